The summed E-state index contributed by atoms with van der Waals surface area (Å²) < 4.78 is 5.48. The molecule has 17 heavy (non-hydrogen) atoms. The Morgan fingerprint density at radius 2 is 1.71 bits per heavy atom. The van der Waals surface area contributed by atoms with Gasteiger partial charge in [0.05, 0.1) is 0 Å². The smallest absolute Gasteiger partial charge is 0.410 e. The van der Waals surface area contributed by atoms with Crippen molar-refractivity contribution in [3.05, 3.63) is 0 Å². The molecule has 1 saturated carbocycles. The molecule has 0 aromatic rings. The molecule has 2 rings (SSSR count). The average molecular weight is 240 g/mol. The molecule has 1 saturated heterocycles. The molecule has 2 amide bonds. The zero-order valence-corrected chi connectivity index (χ0v) is 10.1. The summed E-state index contributed by atoms with van der Waals surface area (Å²) in [6.45, 7) is 2.40. The van der Waals surface area contributed by atoms with Crippen LogP contribution in [-0.4, -0.2) is 54.6 Å². The number of ether oxygens (including phenoxy) is 1. The molecule has 5 heteroatoms. The van der Waals surface area contributed by atoms with Gasteiger partial charge >= 0.3 is 6.09 Å². The van der Waals surface area contributed by atoms with Crippen molar-refractivity contribution >= 4 is 12.5 Å². The van der Waals surface area contributed by atoms with Crippen molar-refractivity contribution in [1.82, 2.24) is 9.80 Å². The van der Waals surface area contributed by atoms with E-state index >= 15 is 0 Å². The topological polar surface area (TPSA) is 49.9 Å². The molecule has 2 fully saturated rings. The standard InChI is InChI=1S/C12H20N2O3/c15-10-13-6-8-14(9-7-13)12(16)17-11-4-2-1-3-5-11/h10-11H,1-9H2. The molecule has 1 heterocycles. The van der Waals surface area contributed by atoms with Gasteiger partial charge < -0.3 is 14.5 Å². The first-order chi connectivity index (χ1) is 8.29. The van der Waals surface area contributed by atoms with E-state index in [-0.39, 0.29) is 12.2 Å². The first kappa shape index (κ1) is 12.2. The van der Waals surface area contributed by atoms with E-state index in [0.29, 0.717) is 26.2 Å². The molecule has 0 aromatic heterocycles. The summed E-state index contributed by atoms with van der Waals surface area (Å²) in [7, 11) is 0. The number of piperazine rings is 1. The molecular formula is C12H20N2O3. The van der Waals surface area contributed by atoms with E-state index in [9.17, 15) is 9.59 Å². The van der Waals surface area contributed by atoms with Gasteiger partial charge in [0.25, 0.3) is 0 Å². The van der Waals surface area contributed by atoms with Gasteiger partial charge in [0.2, 0.25) is 6.41 Å². The lowest BCUT2D eigenvalue weighted by Gasteiger charge is -2.33. The monoisotopic (exact) mass is 240 g/mol. The molecule has 0 bridgehead atoms. The van der Waals surface area contributed by atoms with Gasteiger partial charge in [-0.3, -0.25) is 4.79 Å². The highest BCUT2D eigenvalue weighted by Gasteiger charge is 2.24. The molecule has 0 atom stereocenters. The van der Waals surface area contributed by atoms with Crippen LogP contribution in [0.25, 0.3) is 0 Å². The van der Waals surface area contributed by atoms with E-state index in [2.05, 4.69) is 0 Å². The predicted molar refractivity (Wildman–Crippen MR) is 62.6 cm³/mol. The highest BCUT2D eigenvalue weighted by molar-refractivity contribution is 5.68. The second kappa shape index (κ2) is 5.89. The van der Waals surface area contributed by atoms with Crippen LogP contribution in [0.1, 0.15) is 32.1 Å². The van der Waals surface area contributed by atoms with Gasteiger partial charge in [-0.1, -0.05) is 6.42 Å². The molecule has 0 aromatic carbocycles. The number of amides is 2. The van der Waals surface area contributed by atoms with Crippen LogP contribution in [-0.2, 0) is 9.53 Å². The number of rotatable bonds is 2. The third-order valence-corrected chi connectivity index (χ3v) is 3.54. The molecule has 0 radical (unpaired) electrons. The van der Waals surface area contributed by atoms with Crippen LogP contribution in [0.15, 0.2) is 0 Å². The molecular weight excluding hydrogens is 220 g/mol. The summed E-state index contributed by atoms with van der Waals surface area (Å²) in [5.74, 6) is 0. The number of nitrogens with zero attached hydrogens (tertiary/aromatic N) is 2. The van der Waals surface area contributed by atoms with Gasteiger partial charge in [0.1, 0.15) is 6.10 Å². The maximum Gasteiger partial charge on any atom is 0.410 e. The fourth-order valence-corrected chi connectivity index (χ4v) is 2.41. The number of carbonyl (C=O) groups is 2. The van der Waals surface area contributed by atoms with Crippen LogP contribution < -0.4 is 0 Å². The van der Waals surface area contributed by atoms with Crippen molar-refractivity contribution in [3.8, 4) is 0 Å². The summed E-state index contributed by atoms with van der Waals surface area (Å²) in [4.78, 5) is 25.8. The number of hydrogen-bond acceptors (Lipinski definition) is 3. The second-order valence-electron chi connectivity index (χ2n) is 4.77. The van der Waals surface area contributed by atoms with Crippen LogP contribution in [0.5, 0.6) is 0 Å². The summed E-state index contributed by atoms with van der Waals surface area (Å²) >= 11 is 0. The SMILES string of the molecule is O=CN1CCN(C(=O)OC2CCCCC2)CC1. The molecule has 5 nitrogen and oxygen atoms in total. The van der Waals surface area contributed by atoms with Crippen LogP contribution in [0.2, 0.25) is 0 Å². The minimum Gasteiger partial charge on any atom is -0.446 e. The molecule has 0 spiro atoms. The lowest BCUT2D eigenvalue weighted by Crippen LogP contribution is -2.48. The van der Waals surface area contributed by atoms with Gasteiger partial charge in [0.15, 0.2) is 0 Å². The van der Waals surface area contributed by atoms with Crippen molar-refractivity contribution in [3.63, 3.8) is 0 Å². The molecule has 96 valence electrons. The normalized spacial score (nSPS) is 22.4. The van der Waals surface area contributed by atoms with Gasteiger partial charge in [-0.2, -0.15) is 0 Å². The Hall–Kier alpha value is -1.26. The van der Waals surface area contributed by atoms with Crippen molar-refractivity contribution in [2.24, 2.45) is 0 Å². The van der Waals surface area contributed by atoms with E-state index < -0.39 is 0 Å². The van der Waals surface area contributed by atoms with E-state index in [1.165, 1.54) is 6.42 Å². The van der Waals surface area contributed by atoms with Crippen molar-refractivity contribution in [2.45, 2.75) is 38.2 Å². The Labute approximate surface area is 102 Å². The molecule has 1 aliphatic carbocycles. The number of carbonyl (C=O) groups excluding carboxylic acids is 2. The van der Waals surface area contributed by atoms with Crippen LogP contribution in [0.3, 0.4) is 0 Å². The van der Waals surface area contributed by atoms with E-state index in [1.54, 1.807) is 9.80 Å². The Morgan fingerprint density at radius 1 is 1.06 bits per heavy atom. The third-order valence-electron chi connectivity index (χ3n) is 3.54. The van der Waals surface area contributed by atoms with Gasteiger partial charge in [0, 0.05) is 26.2 Å². The third kappa shape index (κ3) is 3.35. The zero-order chi connectivity index (χ0) is 12.1. The van der Waals surface area contributed by atoms with Crippen LogP contribution in [0, 0.1) is 0 Å². The first-order valence-corrected chi connectivity index (χ1v) is 6.44. The predicted octanol–water partition coefficient (Wildman–Crippen LogP) is 1.23. The lowest BCUT2D eigenvalue weighted by atomic mass is 9.98. The summed E-state index contributed by atoms with van der Waals surface area (Å²) in [5.41, 5.74) is 0. The second-order valence-corrected chi connectivity index (χ2v) is 4.77. The first-order valence-electron chi connectivity index (χ1n) is 6.44. The molecule has 1 aliphatic heterocycles. The quantitative estimate of drug-likeness (QED) is 0.682. The largest absolute Gasteiger partial charge is 0.446 e. The van der Waals surface area contributed by atoms with Gasteiger partial charge in [-0.05, 0) is 25.7 Å². The Bertz CT molecular complexity index is 269. The highest BCUT2D eigenvalue weighted by Crippen LogP contribution is 2.21. The van der Waals surface area contributed by atoms with Gasteiger partial charge in [-0.15, -0.1) is 0 Å². The Kier molecular flexibility index (Phi) is 4.23. The van der Waals surface area contributed by atoms with Crippen LogP contribution in [0.4, 0.5) is 4.79 Å². The summed E-state index contributed by atoms with van der Waals surface area (Å²) in [6.07, 6.45) is 6.33. The minimum absolute atomic E-state index is 0.111. The van der Waals surface area contributed by atoms with Crippen molar-refractivity contribution < 1.29 is 14.3 Å². The van der Waals surface area contributed by atoms with E-state index in [1.807, 2.05) is 0 Å². The summed E-state index contributed by atoms with van der Waals surface area (Å²) in [5, 5.41) is 0. The fraction of sp³-hybridized carbons (Fsp3) is 0.833. The van der Waals surface area contributed by atoms with E-state index in [0.717, 1.165) is 32.1 Å². The molecule has 0 N–H and O–H groups in total. The average Bonchev–Trinajstić information content (AvgIpc) is 2.40. The van der Waals surface area contributed by atoms with E-state index in [4.69, 9.17) is 4.74 Å². The van der Waals surface area contributed by atoms with Gasteiger partial charge in [-0.25, -0.2) is 4.79 Å². The maximum atomic E-state index is 11.9. The van der Waals surface area contributed by atoms with Crippen LogP contribution >= 0.6 is 0 Å². The Morgan fingerprint density at radius 3 is 2.29 bits per heavy atom. The molecule has 0 unspecified atom stereocenters. The fourth-order valence-electron chi connectivity index (χ4n) is 2.41. The lowest BCUT2D eigenvalue weighted by molar-refractivity contribution is -0.119. The van der Waals surface area contributed by atoms with Crippen molar-refractivity contribution in [2.75, 3.05) is 26.2 Å². The number of hydrogen-bond donors (Lipinski definition) is 0. The maximum absolute atomic E-state index is 11.9. The zero-order valence-electron chi connectivity index (χ0n) is 10.1. The highest BCUT2D eigenvalue weighted by atomic mass is 16.6. The summed E-state index contributed by atoms with van der Waals surface area (Å²) in [6, 6.07) is 0. The minimum atomic E-state index is -0.206. The Balaban J connectivity index is 1.74. The van der Waals surface area contributed by atoms with Crippen molar-refractivity contribution in [1.29, 1.82) is 0 Å². The molecule has 2 aliphatic rings.